The quantitative estimate of drug-likeness (QED) is 0.654. The van der Waals surface area contributed by atoms with Crippen LogP contribution < -0.4 is 0 Å². The Hall–Kier alpha value is -1.54. The molecule has 1 nitrogen and oxygen atoms in total. The maximum Gasteiger partial charge on any atom is 0.0488 e. The fourth-order valence-electron chi connectivity index (χ4n) is 2.12. The van der Waals surface area contributed by atoms with Gasteiger partial charge in [-0.15, -0.1) is 0 Å². The summed E-state index contributed by atoms with van der Waals surface area (Å²) < 4.78 is 1.10. The smallest absolute Gasteiger partial charge is 0.0488 e. The molecule has 0 saturated heterocycles. The summed E-state index contributed by atoms with van der Waals surface area (Å²) in [6, 6.07) is 16.9. The van der Waals surface area contributed by atoms with Gasteiger partial charge in [0.15, 0.2) is 0 Å². The second kappa shape index (κ2) is 4.04. The molecule has 0 radical (unpaired) electrons. The predicted octanol–water partition coefficient (Wildman–Crippen LogP) is 4.91. The van der Waals surface area contributed by atoms with Gasteiger partial charge in [-0.3, -0.25) is 0 Å². The van der Waals surface area contributed by atoms with Crippen molar-refractivity contribution in [2.45, 2.75) is 6.92 Å². The third kappa shape index (κ3) is 1.89. The molecular weight excluding hydrogens is 274 g/mol. The van der Waals surface area contributed by atoms with Crippen LogP contribution in [0.5, 0.6) is 0 Å². The topological polar surface area (TPSA) is 15.8 Å². The van der Waals surface area contributed by atoms with Gasteiger partial charge in [-0.1, -0.05) is 46.3 Å². The minimum atomic E-state index is 1.10. The van der Waals surface area contributed by atoms with Crippen molar-refractivity contribution in [3.63, 3.8) is 0 Å². The number of aromatic amines is 1. The number of aromatic nitrogens is 1. The number of benzene rings is 2. The van der Waals surface area contributed by atoms with Gasteiger partial charge in [0.05, 0.1) is 0 Å². The zero-order chi connectivity index (χ0) is 11.8. The van der Waals surface area contributed by atoms with E-state index in [1.807, 2.05) is 6.07 Å². The number of nitrogens with one attached hydrogen (secondary N) is 1. The van der Waals surface area contributed by atoms with E-state index in [9.17, 15) is 0 Å². The lowest BCUT2D eigenvalue weighted by molar-refractivity contribution is 1.41. The maximum atomic E-state index is 3.50. The Bertz CT molecular complexity index is 682. The molecule has 2 aromatic carbocycles. The predicted molar refractivity (Wildman–Crippen MR) is 76.2 cm³/mol. The fourth-order valence-corrected chi connectivity index (χ4v) is 2.52. The maximum absolute atomic E-state index is 3.50. The average molecular weight is 286 g/mol. The van der Waals surface area contributed by atoms with E-state index in [4.69, 9.17) is 0 Å². The second-order valence-corrected chi connectivity index (χ2v) is 5.15. The summed E-state index contributed by atoms with van der Waals surface area (Å²) >= 11 is 3.50. The minimum Gasteiger partial charge on any atom is -0.354 e. The number of fused-ring (bicyclic) bond motifs is 1. The van der Waals surface area contributed by atoms with Crippen LogP contribution in [0.15, 0.2) is 53.0 Å². The monoisotopic (exact) mass is 285 g/mol. The van der Waals surface area contributed by atoms with Gasteiger partial charge in [-0.25, -0.2) is 0 Å². The molecule has 84 valence electrons. The van der Waals surface area contributed by atoms with Crippen molar-refractivity contribution in [3.8, 4) is 11.3 Å². The molecule has 0 aliphatic carbocycles. The number of hydrogen-bond donors (Lipinski definition) is 1. The van der Waals surface area contributed by atoms with Crippen LogP contribution in [0, 0.1) is 6.92 Å². The van der Waals surface area contributed by atoms with E-state index in [0.717, 1.165) is 10.2 Å². The largest absolute Gasteiger partial charge is 0.354 e. The van der Waals surface area contributed by atoms with Crippen molar-refractivity contribution in [2.24, 2.45) is 0 Å². The zero-order valence-corrected chi connectivity index (χ0v) is 11.1. The lowest BCUT2D eigenvalue weighted by Crippen LogP contribution is -1.78. The molecule has 2 heteroatoms. The van der Waals surface area contributed by atoms with Crippen LogP contribution in [-0.2, 0) is 0 Å². The van der Waals surface area contributed by atoms with Crippen LogP contribution in [0.4, 0.5) is 0 Å². The highest BCUT2D eigenvalue weighted by Gasteiger charge is 2.04. The molecule has 0 aliphatic rings. The summed E-state index contributed by atoms with van der Waals surface area (Å²) in [5.41, 5.74) is 4.87. The highest BCUT2D eigenvalue weighted by atomic mass is 79.9. The first-order chi connectivity index (χ1) is 8.24. The molecule has 1 N–H and O–H groups in total. The van der Waals surface area contributed by atoms with E-state index < -0.39 is 0 Å². The standard InChI is InChI=1S/C15H12BrN/c1-10-4-2-6-12-9-14(17-15(10)12)11-5-3-7-13(16)8-11/h2-9,17H,1H3. The normalized spacial score (nSPS) is 10.9. The number of H-pyrrole nitrogens is 1. The summed E-state index contributed by atoms with van der Waals surface area (Å²) in [4.78, 5) is 3.49. The SMILES string of the molecule is Cc1cccc2cc(-c3cccc(Br)c3)[nH]c12. The summed E-state index contributed by atoms with van der Waals surface area (Å²) in [6.45, 7) is 2.13. The van der Waals surface area contributed by atoms with E-state index in [0.29, 0.717) is 0 Å². The Balaban J connectivity index is 2.22. The molecule has 17 heavy (non-hydrogen) atoms. The number of hydrogen-bond acceptors (Lipinski definition) is 0. The van der Waals surface area contributed by atoms with Crippen molar-refractivity contribution in [3.05, 3.63) is 58.6 Å². The van der Waals surface area contributed by atoms with Crippen molar-refractivity contribution >= 4 is 26.8 Å². The first kappa shape index (κ1) is 10.6. The van der Waals surface area contributed by atoms with Crippen LogP contribution in [0.3, 0.4) is 0 Å². The average Bonchev–Trinajstić information content (AvgIpc) is 2.74. The number of halogens is 1. The molecule has 0 fully saturated rings. The van der Waals surface area contributed by atoms with Gasteiger partial charge in [-0.05, 0) is 36.2 Å². The summed E-state index contributed by atoms with van der Waals surface area (Å²) in [5.74, 6) is 0. The summed E-state index contributed by atoms with van der Waals surface area (Å²) in [7, 11) is 0. The van der Waals surface area contributed by atoms with Crippen molar-refractivity contribution in [2.75, 3.05) is 0 Å². The van der Waals surface area contributed by atoms with Crippen LogP contribution in [0.1, 0.15) is 5.56 Å². The fraction of sp³-hybridized carbons (Fsp3) is 0.0667. The summed E-state index contributed by atoms with van der Waals surface area (Å²) in [6.07, 6.45) is 0. The summed E-state index contributed by atoms with van der Waals surface area (Å²) in [5, 5.41) is 1.26. The van der Waals surface area contributed by atoms with E-state index in [1.54, 1.807) is 0 Å². The van der Waals surface area contributed by atoms with Crippen LogP contribution >= 0.6 is 15.9 Å². The third-order valence-electron chi connectivity index (χ3n) is 3.00. The van der Waals surface area contributed by atoms with Gasteiger partial charge in [0.25, 0.3) is 0 Å². The van der Waals surface area contributed by atoms with Gasteiger partial charge < -0.3 is 4.98 Å². The van der Waals surface area contributed by atoms with E-state index in [2.05, 4.69) is 70.3 Å². The lowest BCUT2D eigenvalue weighted by atomic mass is 10.1. The molecule has 3 aromatic rings. The van der Waals surface area contributed by atoms with Crippen LogP contribution in [0.2, 0.25) is 0 Å². The molecule has 1 heterocycles. The first-order valence-electron chi connectivity index (χ1n) is 5.58. The molecular formula is C15H12BrN. The van der Waals surface area contributed by atoms with Crippen molar-refractivity contribution in [1.29, 1.82) is 0 Å². The van der Waals surface area contributed by atoms with E-state index >= 15 is 0 Å². The lowest BCUT2D eigenvalue weighted by Gasteiger charge is -1.98. The van der Waals surface area contributed by atoms with Gasteiger partial charge in [0, 0.05) is 21.1 Å². The molecule has 1 aromatic heterocycles. The minimum absolute atomic E-state index is 1.10. The molecule has 0 bridgehead atoms. The Labute approximate surface area is 109 Å². The molecule has 3 rings (SSSR count). The number of para-hydroxylation sites is 1. The van der Waals surface area contributed by atoms with E-state index in [1.165, 1.54) is 22.0 Å². The Kier molecular flexibility index (Phi) is 2.52. The van der Waals surface area contributed by atoms with Crippen molar-refractivity contribution < 1.29 is 0 Å². The van der Waals surface area contributed by atoms with Crippen LogP contribution in [-0.4, -0.2) is 4.98 Å². The van der Waals surface area contributed by atoms with Gasteiger partial charge in [0.1, 0.15) is 0 Å². The molecule has 0 atom stereocenters. The highest BCUT2D eigenvalue weighted by Crippen LogP contribution is 2.27. The Morgan fingerprint density at radius 2 is 1.82 bits per heavy atom. The highest BCUT2D eigenvalue weighted by molar-refractivity contribution is 9.10. The molecule has 0 spiro atoms. The Morgan fingerprint density at radius 3 is 2.59 bits per heavy atom. The van der Waals surface area contributed by atoms with Gasteiger partial charge >= 0.3 is 0 Å². The van der Waals surface area contributed by atoms with Gasteiger partial charge in [-0.2, -0.15) is 0 Å². The third-order valence-corrected chi connectivity index (χ3v) is 3.49. The first-order valence-corrected chi connectivity index (χ1v) is 6.37. The molecule has 0 aliphatic heterocycles. The second-order valence-electron chi connectivity index (χ2n) is 4.23. The molecule has 0 unspecified atom stereocenters. The molecule has 0 saturated carbocycles. The van der Waals surface area contributed by atoms with Gasteiger partial charge in [0.2, 0.25) is 0 Å². The Morgan fingerprint density at radius 1 is 1.00 bits per heavy atom. The number of aryl methyl sites for hydroxylation is 1. The zero-order valence-electron chi connectivity index (χ0n) is 9.50. The number of rotatable bonds is 1. The van der Waals surface area contributed by atoms with Crippen molar-refractivity contribution in [1.82, 2.24) is 4.98 Å². The molecule has 0 amide bonds. The van der Waals surface area contributed by atoms with E-state index in [-0.39, 0.29) is 0 Å². The van der Waals surface area contributed by atoms with Crippen LogP contribution in [0.25, 0.3) is 22.2 Å².